The van der Waals surface area contributed by atoms with E-state index >= 15 is 0 Å². The van der Waals surface area contributed by atoms with E-state index in [9.17, 15) is 18.4 Å². The second kappa shape index (κ2) is 10.8. The highest BCUT2D eigenvalue weighted by Gasteiger charge is 2.43. The number of ether oxygens (including phenoxy) is 1. The van der Waals surface area contributed by atoms with E-state index in [0.29, 0.717) is 0 Å². The van der Waals surface area contributed by atoms with Gasteiger partial charge in [-0.1, -0.05) is 27.7 Å². The molecule has 3 heterocycles. The van der Waals surface area contributed by atoms with Gasteiger partial charge in [0.1, 0.15) is 17.4 Å². The number of carbonyl (C=O) groups excluding carboxylic acids is 1. The highest BCUT2D eigenvalue weighted by Crippen LogP contribution is 2.47. The Morgan fingerprint density at radius 2 is 1.73 bits per heavy atom. The Morgan fingerprint density at radius 1 is 1.17 bits per heavy atom. The molecule has 0 spiro atoms. The van der Waals surface area contributed by atoms with Crippen LogP contribution in [0.15, 0.2) is 17.1 Å². The van der Waals surface area contributed by atoms with Gasteiger partial charge in [0, 0.05) is 35.5 Å². The third kappa shape index (κ3) is 5.69. The van der Waals surface area contributed by atoms with Crippen molar-refractivity contribution in [2.45, 2.75) is 81.1 Å². The van der Waals surface area contributed by atoms with Gasteiger partial charge in [-0.15, -0.1) is 23.5 Å². The fraction of sp³-hybridized carbons (Fsp3) is 0.750. The SMILES string of the molecule is CC[C@H]1SC(OC(C)=O)[C@@H](F)[C@@H]1C.CC[C@H]1SC(n2ccc(N)nc2=O)[C@@H](F)[C@@H]1C. The number of hydrogen-bond acceptors (Lipinski definition) is 7. The Bertz CT molecular complexity index is 782. The second-order valence-electron chi connectivity index (χ2n) is 7.68. The number of thioether (sulfide) groups is 2. The van der Waals surface area contributed by atoms with E-state index in [0.717, 1.165) is 12.8 Å². The molecule has 6 nitrogen and oxygen atoms in total. The fourth-order valence-corrected chi connectivity index (χ4v) is 6.86. The number of esters is 1. The molecular formula is C20H31F2N3O3S2. The van der Waals surface area contributed by atoms with Crippen molar-refractivity contribution in [3.8, 4) is 0 Å². The van der Waals surface area contributed by atoms with Crippen LogP contribution in [-0.4, -0.2) is 43.8 Å². The molecule has 8 atom stereocenters. The molecule has 30 heavy (non-hydrogen) atoms. The number of nitrogens with zero attached hydrogens (tertiary/aromatic N) is 2. The van der Waals surface area contributed by atoms with Crippen LogP contribution in [0.25, 0.3) is 0 Å². The minimum absolute atomic E-state index is 0.0145. The third-order valence-corrected chi connectivity index (χ3v) is 9.16. The lowest BCUT2D eigenvalue weighted by atomic mass is 10.0. The summed E-state index contributed by atoms with van der Waals surface area (Å²) in [6.45, 7) is 9.14. The first kappa shape index (κ1) is 25.0. The molecule has 0 aliphatic carbocycles. The highest BCUT2D eigenvalue weighted by molar-refractivity contribution is 8.00. The summed E-state index contributed by atoms with van der Waals surface area (Å²) in [7, 11) is 0. The molecule has 0 amide bonds. The summed E-state index contributed by atoms with van der Waals surface area (Å²) in [6.07, 6.45) is 1.32. The first-order valence-corrected chi connectivity index (χ1v) is 12.1. The molecule has 2 unspecified atom stereocenters. The Labute approximate surface area is 184 Å². The molecule has 10 heteroatoms. The van der Waals surface area contributed by atoms with E-state index in [1.807, 2.05) is 27.7 Å². The van der Waals surface area contributed by atoms with Crippen LogP contribution in [0.2, 0.25) is 0 Å². The molecule has 2 saturated heterocycles. The Hall–Kier alpha value is -1.29. The van der Waals surface area contributed by atoms with Crippen LogP contribution >= 0.6 is 23.5 Å². The molecule has 2 aliphatic heterocycles. The van der Waals surface area contributed by atoms with Gasteiger partial charge in [-0.2, -0.15) is 4.98 Å². The van der Waals surface area contributed by atoms with Gasteiger partial charge in [0.25, 0.3) is 0 Å². The third-order valence-electron chi connectivity index (χ3n) is 5.55. The maximum absolute atomic E-state index is 14.1. The minimum atomic E-state index is -1.02. The molecule has 3 rings (SSSR count). The average Bonchev–Trinajstić information content (AvgIpc) is 3.12. The summed E-state index contributed by atoms with van der Waals surface area (Å²) in [5.41, 5.74) is 4.35. The Kier molecular flexibility index (Phi) is 9.02. The van der Waals surface area contributed by atoms with Gasteiger partial charge < -0.3 is 10.5 Å². The van der Waals surface area contributed by atoms with Gasteiger partial charge in [0.15, 0.2) is 11.6 Å². The van der Waals surface area contributed by atoms with E-state index < -0.39 is 34.8 Å². The van der Waals surface area contributed by atoms with Crippen LogP contribution in [0.1, 0.15) is 52.8 Å². The van der Waals surface area contributed by atoms with Gasteiger partial charge in [-0.05, 0) is 18.9 Å². The minimum Gasteiger partial charge on any atom is -0.448 e. The van der Waals surface area contributed by atoms with Crippen molar-refractivity contribution in [2.75, 3.05) is 5.73 Å². The predicted molar refractivity (Wildman–Crippen MR) is 119 cm³/mol. The molecule has 2 fully saturated rings. The molecule has 0 saturated carbocycles. The van der Waals surface area contributed by atoms with Crippen LogP contribution in [-0.2, 0) is 9.53 Å². The number of anilines is 1. The number of aromatic nitrogens is 2. The van der Waals surface area contributed by atoms with Gasteiger partial charge in [0.05, 0.1) is 0 Å². The summed E-state index contributed by atoms with van der Waals surface area (Å²) in [5.74, 6) is -0.285. The van der Waals surface area contributed by atoms with Crippen molar-refractivity contribution in [3.05, 3.63) is 22.7 Å². The van der Waals surface area contributed by atoms with Crippen LogP contribution in [0.4, 0.5) is 14.6 Å². The van der Waals surface area contributed by atoms with Gasteiger partial charge in [-0.25, -0.2) is 13.6 Å². The van der Waals surface area contributed by atoms with Crippen LogP contribution in [0, 0.1) is 11.8 Å². The molecule has 2 N–H and O–H groups in total. The summed E-state index contributed by atoms with van der Waals surface area (Å²) < 4.78 is 33.8. The molecule has 0 aromatic carbocycles. The van der Waals surface area contributed by atoms with Crippen LogP contribution in [0.5, 0.6) is 0 Å². The lowest BCUT2D eigenvalue weighted by Gasteiger charge is -2.15. The number of alkyl halides is 2. The summed E-state index contributed by atoms with van der Waals surface area (Å²) in [4.78, 5) is 25.9. The fourth-order valence-electron chi connectivity index (χ4n) is 3.70. The first-order chi connectivity index (χ1) is 14.1. The van der Waals surface area contributed by atoms with Crippen molar-refractivity contribution in [1.29, 1.82) is 0 Å². The number of carbonyl (C=O) groups is 1. The van der Waals surface area contributed by atoms with E-state index in [1.54, 1.807) is 0 Å². The predicted octanol–water partition coefficient (Wildman–Crippen LogP) is 4.20. The molecule has 2 aliphatic rings. The molecule has 0 bridgehead atoms. The number of nitrogens with two attached hydrogens (primary N) is 1. The largest absolute Gasteiger partial charge is 0.448 e. The van der Waals surface area contributed by atoms with Gasteiger partial charge >= 0.3 is 11.7 Å². The number of nitrogen functional groups attached to an aromatic ring is 1. The highest BCUT2D eigenvalue weighted by atomic mass is 32.2. The van der Waals surface area contributed by atoms with E-state index in [4.69, 9.17) is 10.5 Å². The van der Waals surface area contributed by atoms with Crippen molar-refractivity contribution in [2.24, 2.45) is 11.8 Å². The molecule has 1 aromatic heterocycles. The number of hydrogen-bond donors (Lipinski definition) is 1. The normalized spacial score (nSPS) is 35.6. The van der Waals surface area contributed by atoms with E-state index in [1.165, 1.54) is 47.3 Å². The first-order valence-electron chi connectivity index (χ1n) is 10.2. The Balaban J connectivity index is 0.000000222. The maximum Gasteiger partial charge on any atom is 0.350 e. The lowest BCUT2D eigenvalue weighted by Crippen LogP contribution is -2.29. The van der Waals surface area contributed by atoms with Crippen molar-refractivity contribution in [1.82, 2.24) is 9.55 Å². The summed E-state index contributed by atoms with van der Waals surface area (Å²) in [5, 5.41) is 0.0503. The summed E-state index contributed by atoms with van der Waals surface area (Å²) >= 11 is 2.94. The van der Waals surface area contributed by atoms with Crippen LogP contribution in [0.3, 0.4) is 0 Å². The zero-order valence-electron chi connectivity index (χ0n) is 18.0. The molecule has 170 valence electrons. The quantitative estimate of drug-likeness (QED) is 0.670. The van der Waals surface area contributed by atoms with Crippen molar-refractivity contribution in [3.63, 3.8) is 0 Å². The lowest BCUT2D eigenvalue weighted by molar-refractivity contribution is -0.144. The summed E-state index contributed by atoms with van der Waals surface area (Å²) in [6, 6.07) is 1.53. The van der Waals surface area contributed by atoms with E-state index in [2.05, 4.69) is 4.98 Å². The van der Waals surface area contributed by atoms with Crippen LogP contribution < -0.4 is 11.4 Å². The maximum atomic E-state index is 14.1. The number of halogens is 2. The zero-order valence-corrected chi connectivity index (χ0v) is 19.6. The topological polar surface area (TPSA) is 87.2 Å². The Morgan fingerprint density at radius 3 is 2.20 bits per heavy atom. The van der Waals surface area contributed by atoms with Gasteiger partial charge in [0.2, 0.25) is 0 Å². The molecule has 0 radical (unpaired) electrons. The standard InChI is InChI=1S/C11H16FN3OS.C9H15FO2S/c1-3-7-6(2)9(12)10(17-7)15-5-4-8(13)14-11(15)16;1-4-7-5(2)8(10)9(13-7)12-6(3)11/h4-7,9-10H,3H2,1-2H3,(H2,13,14,16);5,7-9H,4H2,1-3H3/t6-,7-,9+,10?;5-,7-,8+,9?/m11/s1. The van der Waals surface area contributed by atoms with Gasteiger partial charge in [-0.3, -0.25) is 9.36 Å². The van der Waals surface area contributed by atoms with Crippen molar-refractivity contribution >= 4 is 35.3 Å². The molecular weight excluding hydrogens is 432 g/mol. The monoisotopic (exact) mass is 463 g/mol. The number of rotatable bonds is 4. The van der Waals surface area contributed by atoms with E-state index in [-0.39, 0.29) is 28.2 Å². The smallest absolute Gasteiger partial charge is 0.350 e. The average molecular weight is 464 g/mol. The second-order valence-corrected chi connectivity index (χ2v) is 10.4. The molecule has 1 aromatic rings. The van der Waals surface area contributed by atoms with Crippen molar-refractivity contribution < 1.29 is 18.3 Å². The zero-order chi connectivity index (χ0) is 22.6.